The van der Waals surface area contributed by atoms with Crippen LogP contribution in [0.5, 0.6) is 5.75 Å². The van der Waals surface area contributed by atoms with Crippen molar-refractivity contribution >= 4 is 11.9 Å². The van der Waals surface area contributed by atoms with Gasteiger partial charge in [-0.1, -0.05) is 18.2 Å². The predicted octanol–water partition coefficient (Wildman–Crippen LogP) is 4.26. The second kappa shape index (κ2) is 10.6. The highest BCUT2D eigenvalue weighted by molar-refractivity contribution is 5.95. The number of esters is 2. The third-order valence-electron chi connectivity index (χ3n) is 3.83. The molecule has 0 spiro atoms. The molecule has 0 saturated heterocycles. The molecule has 26 heavy (non-hydrogen) atoms. The molecule has 0 bridgehead atoms. The van der Waals surface area contributed by atoms with Crippen molar-refractivity contribution in [3.8, 4) is 5.75 Å². The normalized spacial score (nSPS) is 12.2. The molecule has 1 aromatic rings. The molecule has 5 heteroatoms. The van der Waals surface area contributed by atoms with E-state index in [-0.39, 0.29) is 18.1 Å². The Morgan fingerprint density at radius 2 is 1.50 bits per heavy atom. The third kappa shape index (κ3) is 6.90. The zero-order chi connectivity index (χ0) is 19.7. The van der Waals surface area contributed by atoms with Gasteiger partial charge >= 0.3 is 11.9 Å². The van der Waals surface area contributed by atoms with E-state index in [0.717, 1.165) is 11.3 Å². The number of methoxy groups -OCH3 is 1. The summed E-state index contributed by atoms with van der Waals surface area (Å²) in [6, 6.07) is 7.59. The van der Waals surface area contributed by atoms with E-state index in [1.807, 2.05) is 24.3 Å². The van der Waals surface area contributed by atoms with Gasteiger partial charge in [-0.2, -0.15) is 0 Å². The molecule has 0 fully saturated rings. The fourth-order valence-corrected chi connectivity index (χ4v) is 2.65. The van der Waals surface area contributed by atoms with Gasteiger partial charge in [0.1, 0.15) is 5.75 Å². The molecule has 1 rings (SSSR count). The third-order valence-corrected chi connectivity index (χ3v) is 3.83. The van der Waals surface area contributed by atoms with Crippen LogP contribution in [0.15, 0.2) is 36.9 Å². The highest BCUT2D eigenvalue weighted by atomic mass is 16.6. The number of hydrogen-bond donors (Lipinski definition) is 0. The first-order chi connectivity index (χ1) is 12.3. The van der Waals surface area contributed by atoms with Gasteiger partial charge in [0, 0.05) is 0 Å². The van der Waals surface area contributed by atoms with Gasteiger partial charge in [-0.3, -0.25) is 9.59 Å². The van der Waals surface area contributed by atoms with E-state index in [9.17, 15) is 9.59 Å². The number of hydrogen-bond acceptors (Lipinski definition) is 5. The molecule has 1 unspecified atom stereocenters. The fourth-order valence-electron chi connectivity index (χ4n) is 2.65. The van der Waals surface area contributed by atoms with Crippen molar-refractivity contribution in [2.75, 3.05) is 7.11 Å². The van der Waals surface area contributed by atoms with E-state index in [1.165, 1.54) is 0 Å². The van der Waals surface area contributed by atoms with Crippen molar-refractivity contribution in [1.82, 2.24) is 0 Å². The van der Waals surface area contributed by atoms with Crippen LogP contribution in [-0.2, 0) is 19.1 Å². The number of benzene rings is 1. The van der Waals surface area contributed by atoms with Gasteiger partial charge in [0.25, 0.3) is 0 Å². The predicted molar refractivity (Wildman–Crippen MR) is 101 cm³/mol. The minimum Gasteiger partial charge on any atom is -0.497 e. The Morgan fingerprint density at radius 1 is 1.00 bits per heavy atom. The summed E-state index contributed by atoms with van der Waals surface area (Å²) in [5.74, 6) is -1.36. The molecule has 1 atom stereocenters. The maximum absolute atomic E-state index is 12.5. The number of ether oxygens (including phenoxy) is 3. The van der Waals surface area contributed by atoms with Gasteiger partial charge in [-0.25, -0.2) is 0 Å². The first-order valence-electron chi connectivity index (χ1n) is 8.94. The Morgan fingerprint density at radius 3 is 1.88 bits per heavy atom. The number of carbonyl (C=O) groups excluding carboxylic acids is 2. The molecular formula is C21H30O5. The topological polar surface area (TPSA) is 61.8 Å². The van der Waals surface area contributed by atoms with Crippen LogP contribution >= 0.6 is 0 Å². The average molecular weight is 362 g/mol. The molecule has 0 aromatic heterocycles. The number of rotatable bonds is 10. The summed E-state index contributed by atoms with van der Waals surface area (Å²) in [6.45, 7) is 10.8. The Hall–Kier alpha value is -2.30. The summed E-state index contributed by atoms with van der Waals surface area (Å²) in [7, 11) is 1.61. The van der Waals surface area contributed by atoms with Crippen LogP contribution in [0.1, 0.15) is 52.0 Å². The van der Waals surface area contributed by atoms with Crippen molar-refractivity contribution in [1.29, 1.82) is 0 Å². The Bertz CT molecular complexity index is 567. The van der Waals surface area contributed by atoms with E-state index in [1.54, 1.807) is 40.9 Å². The van der Waals surface area contributed by atoms with Gasteiger partial charge in [0.05, 0.1) is 19.3 Å². The van der Waals surface area contributed by atoms with Crippen molar-refractivity contribution in [2.24, 2.45) is 5.92 Å². The van der Waals surface area contributed by atoms with Gasteiger partial charge in [-0.15, -0.1) is 6.58 Å². The molecule has 5 nitrogen and oxygen atoms in total. The molecule has 0 radical (unpaired) electrons. The molecule has 0 aliphatic rings. The second-order valence-corrected chi connectivity index (χ2v) is 6.75. The maximum Gasteiger partial charge on any atom is 0.320 e. The Labute approximate surface area is 156 Å². The monoisotopic (exact) mass is 362 g/mol. The summed E-state index contributed by atoms with van der Waals surface area (Å²) in [4.78, 5) is 25.0. The van der Waals surface area contributed by atoms with Gasteiger partial charge < -0.3 is 14.2 Å². The van der Waals surface area contributed by atoms with E-state index in [4.69, 9.17) is 14.2 Å². The van der Waals surface area contributed by atoms with Crippen molar-refractivity contribution in [3.63, 3.8) is 0 Å². The standard InChI is InChI=1S/C21H30O5/c1-7-8-17(16-9-11-18(24-6)12-10-16)13-19(20(22)25-14(2)3)21(23)26-15(4)5/h7,9-12,14-15,17,19H,1,8,13H2,2-6H3. The molecular weight excluding hydrogens is 332 g/mol. The van der Waals surface area contributed by atoms with Crippen LogP contribution in [0, 0.1) is 5.92 Å². The number of carbonyl (C=O) groups is 2. The first-order valence-corrected chi connectivity index (χ1v) is 8.94. The molecule has 0 heterocycles. The zero-order valence-electron chi connectivity index (χ0n) is 16.4. The van der Waals surface area contributed by atoms with Gasteiger partial charge in [0.2, 0.25) is 0 Å². The van der Waals surface area contributed by atoms with E-state index >= 15 is 0 Å². The lowest BCUT2D eigenvalue weighted by Crippen LogP contribution is -2.32. The molecule has 0 aliphatic heterocycles. The van der Waals surface area contributed by atoms with E-state index in [0.29, 0.717) is 12.8 Å². The van der Waals surface area contributed by atoms with Gasteiger partial charge in [0.15, 0.2) is 5.92 Å². The van der Waals surface area contributed by atoms with Gasteiger partial charge in [-0.05, 0) is 64.2 Å². The minimum atomic E-state index is -0.966. The molecule has 144 valence electrons. The van der Waals surface area contributed by atoms with E-state index < -0.39 is 17.9 Å². The first kappa shape index (κ1) is 21.7. The van der Waals surface area contributed by atoms with Crippen LogP contribution in [0.3, 0.4) is 0 Å². The highest BCUT2D eigenvalue weighted by Crippen LogP contribution is 2.30. The summed E-state index contributed by atoms with van der Waals surface area (Å²) in [6.07, 6.45) is 2.13. The second-order valence-electron chi connectivity index (χ2n) is 6.75. The lowest BCUT2D eigenvalue weighted by Gasteiger charge is -2.23. The lowest BCUT2D eigenvalue weighted by atomic mass is 9.86. The largest absolute Gasteiger partial charge is 0.497 e. The minimum absolute atomic E-state index is 0.0529. The van der Waals surface area contributed by atoms with Crippen molar-refractivity contribution in [2.45, 2.75) is 58.7 Å². The van der Waals surface area contributed by atoms with Crippen molar-refractivity contribution < 1.29 is 23.8 Å². The smallest absolute Gasteiger partial charge is 0.320 e. The van der Waals surface area contributed by atoms with Crippen LogP contribution in [0.2, 0.25) is 0 Å². The van der Waals surface area contributed by atoms with Crippen LogP contribution in [0.25, 0.3) is 0 Å². The molecule has 0 aliphatic carbocycles. The van der Waals surface area contributed by atoms with E-state index in [2.05, 4.69) is 6.58 Å². The molecule has 0 amide bonds. The summed E-state index contributed by atoms with van der Waals surface area (Å²) >= 11 is 0. The Balaban J connectivity index is 3.05. The highest BCUT2D eigenvalue weighted by Gasteiger charge is 2.33. The van der Waals surface area contributed by atoms with Crippen LogP contribution in [-0.4, -0.2) is 31.3 Å². The Kier molecular flexibility index (Phi) is 8.90. The summed E-state index contributed by atoms with van der Waals surface area (Å²) in [5, 5.41) is 0. The number of allylic oxidation sites excluding steroid dienone is 1. The maximum atomic E-state index is 12.5. The SMILES string of the molecule is C=CCC(CC(C(=O)OC(C)C)C(=O)OC(C)C)c1ccc(OC)cc1. The molecule has 0 N–H and O–H groups in total. The summed E-state index contributed by atoms with van der Waals surface area (Å²) in [5.41, 5.74) is 1.00. The average Bonchev–Trinajstić information content (AvgIpc) is 2.57. The molecule has 0 saturated carbocycles. The molecule has 1 aromatic carbocycles. The quantitative estimate of drug-likeness (QED) is 0.353. The lowest BCUT2D eigenvalue weighted by molar-refractivity contribution is -0.166. The van der Waals surface area contributed by atoms with Crippen LogP contribution in [0.4, 0.5) is 0 Å². The van der Waals surface area contributed by atoms with Crippen molar-refractivity contribution in [3.05, 3.63) is 42.5 Å². The zero-order valence-corrected chi connectivity index (χ0v) is 16.4. The summed E-state index contributed by atoms with van der Waals surface area (Å²) < 4.78 is 15.7. The van der Waals surface area contributed by atoms with Crippen LogP contribution < -0.4 is 4.74 Å². The fraction of sp³-hybridized carbons (Fsp3) is 0.524.